The Hall–Kier alpha value is -1.14. The van der Waals surface area contributed by atoms with Gasteiger partial charge in [-0.25, -0.2) is 0 Å². The molecule has 0 N–H and O–H groups in total. The van der Waals surface area contributed by atoms with Gasteiger partial charge in [0.2, 0.25) is 11.2 Å². The molecule has 112 valence electrons. The molecule has 1 fully saturated rings. The topological polar surface area (TPSA) is 54.4 Å². The fourth-order valence-electron chi connectivity index (χ4n) is 2.38. The van der Waals surface area contributed by atoms with Gasteiger partial charge in [0.05, 0.1) is 6.10 Å². The Kier molecular flexibility index (Phi) is 4.99. The Balaban J connectivity index is 2.24. The first-order chi connectivity index (χ1) is 9.45. The van der Waals surface area contributed by atoms with Crippen molar-refractivity contribution in [3.05, 3.63) is 5.28 Å². The number of nitrogens with zero attached hydrogens (tertiary/aromatic N) is 5. The van der Waals surface area contributed by atoms with Gasteiger partial charge in [-0.3, -0.25) is 0 Å². The number of rotatable bonds is 3. The predicted octanol–water partition coefficient (Wildman–Crippen LogP) is 1.84. The third-order valence-electron chi connectivity index (χ3n) is 3.22. The highest BCUT2D eigenvalue weighted by molar-refractivity contribution is 6.28. The molecule has 1 aromatic heterocycles. The van der Waals surface area contributed by atoms with Crippen LogP contribution in [0.5, 0.6) is 6.01 Å². The second-order valence-corrected chi connectivity index (χ2v) is 5.85. The summed E-state index contributed by atoms with van der Waals surface area (Å²) in [5.74, 6) is 0.600. The van der Waals surface area contributed by atoms with E-state index in [4.69, 9.17) is 16.3 Å². The van der Waals surface area contributed by atoms with Gasteiger partial charge in [-0.05, 0) is 52.4 Å². The number of likely N-dealkylation sites (N-methyl/N-ethyl adjacent to an activating group) is 1. The summed E-state index contributed by atoms with van der Waals surface area (Å²) >= 11 is 5.99. The summed E-state index contributed by atoms with van der Waals surface area (Å²) in [6.45, 7) is 9.00. The van der Waals surface area contributed by atoms with Gasteiger partial charge >= 0.3 is 6.01 Å². The van der Waals surface area contributed by atoms with Crippen molar-refractivity contribution < 1.29 is 4.74 Å². The molecule has 1 aliphatic rings. The lowest BCUT2D eigenvalue weighted by molar-refractivity contribution is 0.221. The lowest BCUT2D eigenvalue weighted by Gasteiger charge is -2.28. The van der Waals surface area contributed by atoms with Crippen LogP contribution in [0.4, 0.5) is 5.95 Å². The molecular weight excluding hydrogens is 278 g/mol. The van der Waals surface area contributed by atoms with Gasteiger partial charge < -0.3 is 14.5 Å². The van der Waals surface area contributed by atoms with Crippen LogP contribution in [-0.4, -0.2) is 58.7 Å². The summed E-state index contributed by atoms with van der Waals surface area (Å²) in [5, 5.41) is 0.176. The molecule has 2 rings (SSSR count). The minimum Gasteiger partial charge on any atom is -0.461 e. The van der Waals surface area contributed by atoms with Crippen LogP contribution >= 0.6 is 11.6 Å². The standard InChI is InChI=1S/C13H22ClN5O/c1-9(2)20-13-16-11(14)15-12(17-13)19-7-5-6-18(4)8-10(19)3/h9-10H,5-8H2,1-4H3. The first-order valence-electron chi connectivity index (χ1n) is 6.99. The molecule has 0 saturated carbocycles. The average molecular weight is 300 g/mol. The lowest BCUT2D eigenvalue weighted by atomic mass is 10.3. The van der Waals surface area contributed by atoms with Gasteiger partial charge in [0, 0.05) is 19.1 Å². The number of hydrogen-bond donors (Lipinski definition) is 0. The summed E-state index contributed by atoms with van der Waals surface area (Å²) in [4.78, 5) is 17.2. The minimum atomic E-state index is 0.00834. The van der Waals surface area contributed by atoms with Crippen molar-refractivity contribution in [2.24, 2.45) is 0 Å². The van der Waals surface area contributed by atoms with Crippen LogP contribution in [-0.2, 0) is 0 Å². The van der Waals surface area contributed by atoms with Crippen molar-refractivity contribution >= 4 is 17.5 Å². The molecule has 0 amide bonds. The third kappa shape index (κ3) is 3.93. The maximum Gasteiger partial charge on any atom is 0.322 e. The highest BCUT2D eigenvalue weighted by atomic mass is 35.5. The Morgan fingerprint density at radius 1 is 1.25 bits per heavy atom. The molecule has 20 heavy (non-hydrogen) atoms. The summed E-state index contributed by atoms with van der Waals surface area (Å²) in [7, 11) is 2.13. The average Bonchev–Trinajstić information content (AvgIpc) is 2.48. The fraction of sp³-hybridized carbons (Fsp3) is 0.769. The Bertz CT molecular complexity index is 456. The predicted molar refractivity (Wildman–Crippen MR) is 79.5 cm³/mol. The largest absolute Gasteiger partial charge is 0.461 e. The Morgan fingerprint density at radius 3 is 2.70 bits per heavy atom. The summed E-state index contributed by atoms with van der Waals surface area (Å²) < 4.78 is 5.53. The summed E-state index contributed by atoms with van der Waals surface area (Å²) in [5.41, 5.74) is 0. The smallest absolute Gasteiger partial charge is 0.322 e. The zero-order valence-electron chi connectivity index (χ0n) is 12.5. The van der Waals surface area contributed by atoms with Crippen molar-refractivity contribution in [1.82, 2.24) is 19.9 Å². The normalized spacial score (nSPS) is 21.1. The van der Waals surface area contributed by atoms with E-state index in [0.717, 1.165) is 26.1 Å². The zero-order chi connectivity index (χ0) is 14.7. The van der Waals surface area contributed by atoms with Gasteiger partial charge in [0.25, 0.3) is 0 Å². The monoisotopic (exact) mass is 299 g/mol. The number of halogens is 1. The molecule has 0 aliphatic carbocycles. The first kappa shape index (κ1) is 15.3. The maximum absolute atomic E-state index is 5.99. The van der Waals surface area contributed by atoms with Gasteiger partial charge in [-0.15, -0.1) is 0 Å². The van der Waals surface area contributed by atoms with E-state index in [1.54, 1.807) is 0 Å². The van der Waals surface area contributed by atoms with Crippen LogP contribution in [0.15, 0.2) is 0 Å². The molecule has 1 aliphatic heterocycles. The van der Waals surface area contributed by atoms with Gasteiger partial charge in [-0.1, -0.05) is 0 Å². The Labute approximate surface area is 125 Å². The van der Waals surface area contributed by atoms with Crippen molar-refractivity contribution in [1.29, 1.82) is 0 Å². The maximum atomic E-state index is 5.99. The molecule has 0 bridgehead atoms. The molecule has 1 saturated heterocycles. The van der Waals surface area contributed by atoms with E-state index in [1.165, 1.54) is 0 Å². The lowest BCUT2D eigenvalue weighted by Crippen LogP contribution is -2.39. The highest BCUT2D eigenvalue weighted by Crippen LogP contribution is 2.20. The van der Waals surface area contributed by atoms with Crippen molar-refractivity contribution in [3.8, 4) is 6.01 Å². The zero-order valence-corrected chi connectivity index (χ0v) is 13.3. The quantitative estimate of drug-likeness (QED) is 0.849. The number of hydrogen-bond acceptors (Lipinski definition) is 6. The number of anilines is 1. The molecule has 7 heteroatoms. The third-order valence-corrected chi connectivity index (χ3v) is 3.39. The summed E-state index contributed by atoms with van der Waals surface area (Å²) in [6, 6.07) is 0.618. The fourth-order valence-corrected chi connectivity index (χ4v) is 2.53. The van der Waals surface area contributed by atoms with E-state index in [2.05, 4.69) is 38.7 Å². The van der Waals surface area contributed by atoms with E-state index < -0.39 is 0 Å². The van der Waals surface area contributed by atoms with Crippen LogP contribution in [0.1, 0.15) is 27.2 Å². The van der Waals surface area contributed by atoms with E-state index in [-0.39, 0.29) is 11.4 Å². The minimum absolute atomic E-state index is 0.00834. The van der Waals surface area contributed by atoms with E-state index in [1.807, 2.05) is 13.8 Å². The molecule has 0 radical (unpaired) electrons. The Morgan fingerprint density at radius 2 is 2.00 bits per heavy atom. The molecule has 0 aromatic carbocycles. The van der Waals surface area contributed by atoms with Crippen molar-refractivity contribution in [2.45, 2.75) is 39.3 Å². The molecule has 6 nitrogen and oxygen atoms in total. The molecule has 1 atom stereocenters. The van der Waals surface area contributed by atoms with Gasteiger partial charge in [-0.2, -0.15) is 15.0 Å². The van der Waals surface area contributed by atoms with E-state index in [9.17, 15) is 0 Å². The molecule has 1 unspecified atom stereocenters. The van der Waals surface area contributed by atoms with E-state index in [0.29, 0.717) is 18.0 Å². The van der Waals surface area contributed by atoms with Crippen LogP contribution in [0.2, 0.25) is 5.28 Å². The van der Waals surface area contributed by atoms with Gasteiger partial charge in [0.1, 0.15) is 0 Å². The van der Waals surface area contributed by atoms with Gasteiger partial charge in [0.15, 0.2) is 0 Å². The van der Waals surface area contributed by atoms with E-state index >= 15 is 0 Å². The second kappa shape index (κ2) is 6.54. The van der Waals surface area contributed by atoms with Crippen LogP contribution in [0.3, 0.4) is 0 Å². The second-order valence-electron chi connectivity index (χ2n) is 5.51. The van der Waals surface area contributed by atoms with Crippen molar-refractivity contribution in [2.75, 3.05) is 31.6 Å². The molecule has 2 heterocycles. The highest BCUT2D eigenvalue weighted by Gasteiger charge is 2.23. The van der Waals surface area contributed by atoms with Crippen LogP contribution in [0.25, 0.3) is 0 Å². The van der Waals surface area contributed by atoms with Crippen molar-refractivity contribution in [3.63, 3.8) is 0 Å². The molecule has 0 spiro atoms. The first-order valence-corrected chi connectivity index (χ1v) is 7.37. The van der Waals surface area contributed by atoms with Crippen LogP contribution < -0.4 is 9.64 Å². The SMILES string of the molecule is CC(C)Oc1nc(Cl)nc(N2CCCN(C)CC2C)n1. The summed E-state index contributed by atoms with van der Waals surface area (Å²) in [6.07, 6.45) is 1.08. The molecule has 1 aromatic rings. The number of aromatic nitrogens is 3. The number of ether oxygens (including phenoxy) is 1. The van der Waals surface area contributed by atoms with Crippen LogP contribution in [0, 0.1) is 0 Å². The molecular formula is C13H22ClN5O.